The fourth-order valence-electron chi connectivity index (χ4n) is 1.35. The summed E-state index contributed by atoms with van der Waals surface area (Å²) in [5, 5.41) is 5.02. The lowest BCUT2D eigenvalue weighted by Gasteiger charge is -2.26. The lowest BCUT2D eigenvalue weighted by atomic mass is 10.2. The SMILES string of the molecule is CNC(/C=C(\N)C1=CC=NC(C)(Br)N1)C(F)(F)F. The number of allylic oxidation sites excluding steroid dienone is 1. The summed E-state index contributed by atoms with van der Waals surface area (Å²) in [5.74, 6) is 0. The first-order chi connectivity index (χ1) is 8.15. The molecule has 4 nitrogen and oxygen atoms in total. The predicted molar refractivity (Wildman–Crippen MR) is 68.2 cm³/mol. The van der Waals surface area contributed by atoms with Gasteiger partial charge in [-0.2, -0.15) is 13.2 Å². The molecule has 102 valence electrons. The summed E-state index contributed by atoms with van der Waals surface area (Å²) in [6.07, 6.45) is -0.483. The van der Waals surface area contributed by atoms with Crippen LogP contribution in [0.4, 0.5) is 13.2 Å². The highest BCUT2D eigenvalue weighted by atomic mass is 79.9. The van der Waals surface area contributed by atoms with Crippen LogP contribution in [0.2, 0.25) is 0 Å². The van der Waals surface area contributed by atoms with Crippen molar-refractivity contribution in [2.45, 2.75) is 23.7 Å². The van der Waals surface area contributed by atoms with E-state index in [4.69, 9.17) is 5.73 Å². The minimum Gasteiger partial charge on any atom is -0.397 e. The molecule has 0 saturated heterocycles. The third-order valence-corrected chi connectivity index (χ3v) is 2.64. The standard InChI is InChI=1S/C10H14BrF3N4/c1-9(11)17-4-3-7(18-9)6(15)5-8(16-2)10(12,13)14/h3-5,8,16,18H,15H2,1-2H3/b6-5-. The van der Waals surface area contributed by atoms with Crippen LogP contribution in [0, 0.1) is 0 Å². The summed E-state index contributed by atoms with van der Waals surface area (Å²) < 4.78 is 36.9. The van der Waals surface area contributed by atoms with Crippen LogP contribution in [0.25, 0.3) is 0 Å². The topological polar surface area (TPSA) is 62.4 Å². The van der Waals surface area contributed by atoms with Gasteiger partial charge in [-0.15, -0.1) is 0 Å². The van der Waals surface area contributed by atoms with E-state index in [0.717, 1.165) is 6.08 Å². The fourth-order valence-corrected chi connectivity index (χ4v) is 1.68. The number of nitrogens with one attached hydrogen (secondary N) is 2. The number of alkyl halides is 4. The number of nitrogens with two attached hydrogens (primary N) is 1. The van der Waals surface area contributed by atoms with Gasteiger partial charge in [-0.1, -0.05) is 0 Å². The van der Waals surface area contributed by atoms with Crippen LogP contribution < -0.4 is 16.4 Å². The smallest absolute Gasteiger partial charge is 0.397 e. The van der Waals surface area contributed by atoms with Crippen molar-refractivity contribution in [3.63, 3.8) is 0 Å². The first kappa shape index (κ1) is 15.0. The molecule has 0 aliphatic carbocycles. The number of likely N-dealkylation sites (N-methyl/N-ethyl adjacent to an activating group) is 1. The summed E-state index contributed by atoms with van der Waals surface area (Å²) >= 11 is 3.25. The van der Waals surface area contributed by atoms with Crippen LogP contribution in [-0.4, -0.2) is 30.1 Å². The van der Waals surface area contributed by atoms with E-state index < -0.39 is 16.8 Å². The molecule has 2 unspecified atom stereocenters. The highest BCUT2D eigenvalue weighted by Crippen LogP contribution is 2.24. The average Bonchev–Trinajstić information content (AvgIpc) is 2.22. The fraction of sp³-hybridized carbons (Fsp3) is 0.500. The molecule has 18 heavy (non-hydrogen) atoms. The quantitative estimate of drug-likeness (QED) is 0.545. The van der Waals surface area contributed by atoms with Crippen LogP contribution in [0.5, 0.6) is 0 Å². The molecular weight excluding hydrogens is 313 g/mol. The van der Waals surface area contributed by atoms with Crippen LogP contribution in [0.15, 0.2) is 28.5 Å². The summed E-state index contributed by atoms with van der Waals surface area (Å²) in [5.41, 5.74) is 6.04. The lowest BCUT2D eigenvalue weighted by Crippen LogP contribution is -2.41. The van der Waals surface area contributed by atoms with Crippen LogP contribution >= 0.6 is 15.9 Å². The van der Waals surface area contributed by atoms with Gasteiger partial charge in [-0.05, 0) is 42.1 Å². The second kappa shape index (κ2) is 5.31. The van der Waals surface area contributed by atoms with Crippen LogP contribution in [0.3, 0.4) is 0 Å². The second-order valence-corrected chi connectivity index (χ2v) is 5.41. The van der Waals surface area contributed by atoms with E-state index in [-0.39, 0.29) is 5.70 Å². The highest BCUT2D eigenvalue weighted by Gasteiger charge is 2.37. The van der Waals surface area contributed by atoms with Crippen LogP contribution in [0.1, 0.15) is 6.92 Å². The third-order valence-electron chi connectivity index (χ3n) is 2.24. The Morgan fingerprint density at radius 1 is 1.67 bits per heavy atom. The molecule has 1 aliphatic heterocycles. The average molecular weight is 327 g/mol. The molecule has 0 aromatic carbocycles. The summed E-state index contributed by atoms with van der Waals surface area (Å²) in [6.45, 7) is 1.71. The molecule has 4 N–H and O–H groups in total. The Morgan fingerprint density at radius 3 is 2.72 bits per heavy atom. The van der Waals surface area contributed by atoms with E-state index in [2.05, 4.69) is 31.6 Å². The Bertz CT molecular complexity index is 398. The molecule has 1 rings (SSSR count). The summed E-state index contributed by atoms with van der Waals surface area (Å²) in [6, 6.07) is -1.79. The van der Waals surface area contributed by atoms with Gasteiger partial charge in [0.05, 0.1) is 11.4 Å². The van der Waals surface area contributed by atoms with Crippen molar-refractivity contribution in [2.75, 3.05) is 7.05 Å². The molecule has 0 bridgehead atoms. The van der Waals surface area contributed by atoms with E-state index >= 15 is 0 Å². The lowest BCUT2D eigenvalue weighted by molar-refractivity contribution is -0.143. The first-order valence-corrected chi connectivity index (χ1v) is 5.89. The van der Waals surface area contributed by atoms with Gasteiger partial charge in [-0.3, -0.25) is 4.99 Å². The minimum absolute atomic E-state index is 0.00324. The van der Waals surface area contributed by atoms with Gasteiger partial charge in [0.25, 0.3) is 0 Å². The Balaban J connectivity index is 2.90. The zero-order chi connectivity index (χ0) is 14.0. The zero-order valence-corrected chi connectivity index (χ0v) is 11.4. The Morgan fingerprint density at radius 2 is 2.28 bits per heavy atom. The maximum absolute atomic E-state index is 12.6. The summed E-state index contributed by atoms with van der Waals surface area (Å²) in [4.78, 5) is 4.03. The van der Waals surface area contributed by atoms with E-state index in [0.29, 0.717) is 5.70 Å². The molecular formula is C10H14BrF3N4. The molecule has 0 amide bonds. The largest absolute Gasteiger partial charge is 0.407 e. The van der Waals surface area contributed by atoms with E-state index in [1.54, 1.807) is 6.92 Å². The number of halogens is 4. The van der Waals surface area contributed by atoms with Gasteiger partial charge in [0.2, 0.25) is 0 Å². The molecule has 0 spiro atoms. The molecule has 1 aliphatic rings. The number of hydrogen-bond acceptors (Lipinski definition) is 4. The van der Waals surface area contributed by atoms with Gasteiger partial charge in [0, 0.05) is 6.21 Å². The Hall–Kier alpha value is -1.02. The molecule has 8 heteroatoms. The van der Waals surface area contributed by atoms with Crippen molar-refractivity contribution in [2.24, 2.45) is 10.7 Å². The number of aliphatic imine (C=N–C) groups is 1. The third kappa shape index (κ3) is 4.02. The first-order valence-electron chi connectivity index (χ1n) is 5.10. The monoisotopic (exact) mass is 326 g/mol. The highest BCUT2D eigenvalue weighted by molar-refractivity contribution is 9.10. The number of nitrogens with zero attached hydrogens (tertiary/aromatic N) is 1. The minimum atomic E-state index is -4.39. The number of hydrogen-bond donors (Lipinski definition) is 3. The van der Waals surface area contributed by atoms with Gasteiger partial charge in [0.15, 0.2) is 4.57 Å². The zero-order valence-electron chi connectivity index (χ0n) is 9.85. The normalized spacial score (nSPS) is 26.6. The molecule has 0 aromatic heterocycles. The van der Waals surface area contributed by atoms with Crippen molar-refractivity contribution >= 4 is 22.1 Å². The van der Waals surface area contributed by atoms with E-state index in [1.807, 2.05) is 0 Å². The molecule has 0 saturated carbocycles. The van der Waals surface area contributed by atoms with Crippen molar-refractivity contribution < 1.29 is 13.2 Å². The maximum atomic E-state index is 12.6. The van der Waals surface area contributed by atoms with Gasteiger partial charge < -0.3 is 16.4 Å². The van der Waals surface area contributed by atoms with Crippen LogP contribution in [-0.2, 0) is 0 Å². The number of rotatable bonds is 3. The molecule has 0 radical (unpaired) electrons. The van der Waals surface area contributed by atoms with Crippen molar-refractivity contribution in [3.05, 3.63) is 23.5 Å². The van der Waals surface area contributed by atoms with E-state index in [9.17, 15) is 13.2 Å². The van der Waals surface area contributed by atoms with Crippen molar-refractivity contribution in [3.8, 4) is 0 Å². The molecule has 2 atom stereocenters. The summed E-state index contributed by atoms with van der Waals surface area (Å²) in [7, 11) is 1.22. The van der Waals surface area contributed by atoms with Gasteiger partial charge in [-0.25, -0.2) is 0 Å². The molecule has 0 fully saturated rings. The second-order valence-electron chi connectivity index (χ2n) is 3.87. The van der Waals surface area contributed by atoms with Gasteiger partial charge in [0.1, 0.15) is 6.04 Å². The predicted octanol–water partition coefficient (Wildman–Crippen LogP) is 1.61. The molecule has 0 aromatic rings. The van der Waals surface area contributed by atoms with Crippen molar-refractivity contribution in [1.29, 1.82) is 0 Å². The Labute approximate surface area is 111 Å². The van der Waals surface area contributed by atoms with Crippen molar-refractivity contribution in [1.82, 2.24) is 10.6 Å². The van der Waals surface area contributed by atoms with Gasteiger partial charge >= 0.3 is 6.18 Å². The maximum Gasteiger partial charge on any atom is 0.407 e. The Kier molecular flexibility index (Phi) is 4.44. The van der Waals surface area contributed by atoms with E-state index in [1.165, 1.54) is 19.3 Å². The molecule has 1 heterocycles.